The smallest absolute Gasteiger partial charge is 0.254 e. The zero-order valence-corrected chi connectivity index (χ0v) is 23.3. The monoisotopic (exact) mass is 535 g/mol. The predicted octanol–water partition coefficient (Wildman–Crippen LogP) is 5.60. The second kappa shape index (κ2) is 8.96. The molecular formula is C33H37N5O2. The minimum absolute atomic E-state index is 0.0321. The molecule has 2 aromatic heterocycles. The van der Waals surface area contributed by atoms with Crippen LogP contribution >= 0.6 is 0 Å². The lowest BCUT2D eigenvalue weighted by Gasteiger charge is -2.27. The lowest BCUT2D eigenvalue weighted by molar-refractivity contribution is 0.0700. The number of aryl methyl sites for hydroxylation is 1. The Bertz CT molecular complexity index is 1690. The number of piperidine rings is 1. The third-order valence-electron chi connectivity index (χ3n) is 9.79. The average molecular weight is 536 g/mol. The molecule has 4 fully saturated rings. The van der Waals surface area contributed by atoms with Gasteiger partial charge < -0.3 is 24.5 Å². The summed E-state index contributed by atoms with van der Waals surface area (Å²) in [6.45, 7) is 1.74. The first-order chi connectivity index (χ1) is 19.5. The van der Waals surface area contributed by atoms with Crippen molar-refractivity contribution in [2.45, 2.75) is 57.2 Å². The number of methoxy groups -OCH3 is 1. The number of nitrogens with zero attached hydrogens (tertiary/aromatic N) is 4. The van der Waals surface area contributed by atoms with Crippen LogP contribution in [0.1, 0.15) is 54.4 Å². The Balaban J connectivity index is 1.22. The van der Waals surface area contributed by atoms with E-state index in [4.69, 9.17) is 15.5 Å². The van der Waals surface area contributed by atoms with Gasteiger partial charge in [0.05, 0.1) is 18.3 Å². The van der Waals surface area contributed by atoms with Crippen molar-refractivity contribution >= 4 is 33.9 Å². The normalized spacial score (nSPS) is 24.3. The zero-order valence-electron chi connectivity index (χ0n) is 23.3. The van der Waals surface area contributed by atoms with Crippen molar-refractivity contribution in [3.63, 3.8) is 0 Å². The number of benzene rings is 2. The number of ether oxygens (including phenoxy) is 1. The molecule has 3 heterocycles. The summed E-state index contributed by atoms with van der Waals surface area (Å²) in [5, 5.41) is 1.23. The van der Waals surface area contributed by atoms with Crippen molar-refractivity contribution in [1.29, 1.82) is 0 Å². The molecule has 3 atom stereocenters. The van der Waals surface area contributed by atoms with Gasteiger partial charge >= 0.3 is 0 Å². The molecule has 1 amide bonds. The molecule has 1 aliphatic heterocycles. The Labute approximate surface area is 234 Å². The van der Waals surface area contributed by atoms with Gasteiger partial charge in [-0.3, -0.25) is 4.79 Å². The molecule has 40 heavy (non-hydrogen) atoms. The Kier molecular flexibility index (Phi) is 5.43. The first-order valence-electron chi connectivity index (χ1n) is 14.9. The molecule has 3 saturated carbocycles. The second-order valence-corrected chi connectivity index (χ2v) is 12.6. The first-order valence-corrected chi connectivity index (χ1v) is 14.9. The van der Waals surface area contributed by atoms with Crippen LogP contribution in [0.3, 0.4) is 0 Å². The molecule has 0 spiro atoms. The predicted molar refractivity (Wildman–Crippen MR) is 158 cm³/mol. The summed E-state index contributed by atoms with van der Waals surface area (Å²) >= 11 is 0. The lowest BCUT2D eigenvalue weighted by Crippen LogP contribution is -2.41. The maximum Gasteiger partial charge on any atom is 0.254 e. The fraction of sp³-hybridized carbons (Fsp3) is 0.455. The van der Waals surface area contributed by atoms with Gasteiger partial charge in [0.1, 0.15) is 11.3 Å². The molecule has 1 unspecified atom stereocenters. The summed E-state index contributed by atoms with van der Waals surface area (Å²) in [7, 11) is 3.72. The van der Waals surface area contributed by atoms with Gasteiger partial charge in [-0.25, -0.2) is 4.98 Å². The highest BCUT2D eigenvalue weighted by atomic mass is 16.5. The number of aromatic nitrogens is 3. The van der Waals surface area contributed by atoms with E-state index >= 15 is 0 Å². The van der Waals surface area contributed by atoms with Crippen molar-refractivity contribution in [3.05, 3.63) is 53.6 Å². The number of allylic oxidation sites excluding steroid dienone is 1. The van der Waals surface area contributed by atoms with E-state index in [0.717, 1.165) is 60.3 Å². The molecule has 8 rings (SSSR count). The van der Waals surface area contributed by atoms with Gasteiger partial charge in [0.25, 0.3) is 5.91 Å². The number of rotatable bonds is 7. The van der Waals surface area contributed by atoms with Crippen LogP contribution in [0, 0.1) is 17.8 Å². The topological polar surface area (TPSA) is 78.3 Å². The maximum absolute atomic E-state index is 13.7. The van der Waals surface area contributed by atoms with E-state index in [-0.39, 0.29) is 18.0 Å². The van der Waals surface area contributed by atoms with Gasteiger partial charge in [-0.2, -0.15) is 0 Å². The molecule has 2 N–H and O–H groups in total. The molecular weight excluding hydrogens is 498 g/mol. The van der Waals surface area contributed by atoms with Crippen molar-refractivity contribution in [1.82, 2.24) is 19.0 Å². The van der Waals surface area contributed by atoms with Gasteiger partial charge in [-0.1, -0.05) is 24.3 Å². The van der Waals surface area contributed by atoms with E-state index in [0.29, 0.717) is 17.2 Å². The molecule has 7 heteroatoms. The van der Waals surface area contributed by atoms with E-state index in [1.807, 2.05) is 17.0 Å². The molecule has 0 radical (unpaired) electrons. The van der Waals surface area contributed by atoms with Crippen LogP contribution < -0.4 is 10.5 Å². The Morgan fingerprint density at radius 2 is 1.95 bits per heavy atom. The van der Waals surface area contributed by atoms with Crippen LogP contribution in [0.5, 0.6) is 5.75 Å². The van der Waals surface area contributed by atoms with E-state index in [1.54, 1.807) is 7.11 Å². The van der Waals surface area contributed by atoms with Crippen molar-refractivity contribution < 1.29 is 9.53 Å². The minimum Gasteiger partial charge on any atom is -0.494 e. The Hall–Kier alpha value is -3.58. The fourth-order valence-corrected chi connectivity index (χ4v) is 7.12. The van der Waals surface area contributed by atoms with Crippen LogP contribution in [0.15, 0.2) is 42.5 Å². The van der Waals surface area contributed by atoms with Crippen LogP contribution in [0.4, 0.5) is 0 Å². The quantitative estimate of drug-likeness (QED) is 0.334. The summed E-state index contributed by atoms with van der Waals surface area (Å²) in [6.07, 6.45) is 11.9. The van der Waals surface area contributed by atoms with Crippen molar-refractivity contribution in [3.8, 4) is 17.3 Å². The first kappa shape index (κ1) is 24.2. The standard InChI is InChI=1S/C33H37N5O2/c1-36-31-25(14-24(16-29(31)40-2)33(39)38-18-23-11-12-26(38)30(23)34)35-32(36)28-15-22-10-9-20(6-5-19-3-4-19)13-27(22)37(28)17-21-7-8-21/h5-6,9-10,13-16,19,21,23,26,30H,3-4,7-8,11-12,17-18,34H2,1-2H3/b6-5+/t23-,26?,30+/m1/s1. The van der Waals surface area contributed by atoms with Crippen LogP contribution in [0.25, 0.3) is 39.5 Å². The highest BCUT2D eigenvalue weighted by molar-refractivity contribution is 6.00. The second-order valence-electron chi connectivity index (χ2n) is 12.6. The SMILES string of the molecule is COc1cc(C(=O)N2C[C@H]3CCC2[C@H]3N)cc2nc(-c3cc4ccc(/C=C/C5CC5)cc4n3CC3CC3)n(C)c12. The summed E-state index contributed by atoms with van der Waals surface area (Å²) < 4.78 is 10.4. The summed E-state index contributed by atoms with van der Waals surface area (Å²) in [5.74, 6) is 3.49. The minimum atomic E-state index is 0.0321. The molecule has 2 aromatic carbocycles. The molecule has 3 aliphatic carbocycles. The Morgan fingerprint density at radius 3 is 2.65 bits per heavy atom. The summed E-state index contributed by atoms with van der Waals surface area (Å²) in [5.41, 5.74) is 12.4. The number of nitrogens with two attached hydrogens (primary N) is 1. The lowest BCUT2D eigenvalue weighted by atomic mass is 10.1. The highest BCUT2D eigenvalue weighted by Crippen LogP contribution is 2.40. The molecule has 206 valence electrons. The summed E-state index contributed by atoms with van der Waals surface area (Å²) in [6, 6.07) is 13.1. The number of carbonyl (C=O) groups is 1. The average Bonchev–Trinajstić information content (AvgIpc) is 3.87. The fourth-order valence-electron chi connectivity index (χ4n) is 7.12. The number of hydrogen-bond donors (Lipinski definition) is 1. The molecule has 4 aromatic rings. The van der Waals surface area contributed by atoms with Gasteiger partial charge in [0.15, 0.2) is 5.82 Å². The molecule has 7 nitrogen and oxygen atoms in total. The van der Waals surface area contributed by atoms with E-state index in [2.05, 4.69) is 52.6 Å². The van der Waals surface area contributed by atoms with Gasteiger partial charge in [0.2, 0.25) is 0 Å². The summed E-state index contributed by atoms with van der Waals surface area (Å²) in [4.78, 5) is 20.8. The van der Waals surface area contributed by atoms with Crippen LogP contribution in [-0.4, -0.2) is 50.7 Å². The number of hydrogen-bond acceptors (Lipinski definition) is 4. The number of imidazole rings is 1. The molecule has 2 bridgehead atoms. The third kappa shape index (κ3) is 3.89. The van der Waals surface area contributed by atoms with Gasteiger partial charge in [-0.15, -0.1) is 0 Å². The number of likely N-dealkylation sites (tertiary alicyclic amines) is 1. The largest absolute Gasteiger partial charge is 0.494 e. The molecule has 4 aliphatic rings. The number of amides is 1. The van der Waals surface area contributed by atoms with E-state index < -0.39 is 0 Å². The number of fused-ring (bicyclic) bond motifs is 4. The van der Waals surface area contributed by atoms with Gasteiger partial charge in [0, 0.05) is 48.7 Å². The van der Waals surface area contributed by atoms with Crippen LogP contribution in [0.2, 0.25) is 0 Å². The molecule has 1 saturated heterocycles. The van der Waals surface area contributed by atoms with E-state index in [9.17, 15) is 4.79 Å². The van der Waals surface area contributed by atoms with Gasteiger partial charge in [-0.05, 0) is 86.1 Å². The van der Waals surface area contributed by atoms with Crippen molar-refractivity contribution in [2.75, 3.05) is 13.7 Å². The number of carbonyl (C=O) groups excluding carboxylic acids is 1. The maximum atomic E-state index is 13.7. The Morgan fingerprint density at radius 1 is 1.10 bits per heavy atom. The van der Waals surface area contributed by atoms with Crippen molar-refractivity contribution in [2.24, 2.45) is 30.5 Å². The van der Waals surface area contributed by atoms with E-state index in [1.165, 1.54) is 42.1 Å². The van der Waals surface area contributed by atoms with Crippen LogP contribution in [-0.2, 0) is 13.6 Å². The zero-order chi connectivity index (χ0) is 27.1. The highest BCUT2D eigenvalue weighted by Gasteiger charge is 2.47. The third-order valence-corrected chi connectivity index (χ3v) is 9.79.